The molecule has 174 valence electrons. The van der Waals surface area contributed by atoms with Crippen LogP contribution >= 0.6 is 0 Å². The van der Waals surface area contributed by atoms with Crippen LogP contribution in [0.1, 0.15) is 38.0 Å². The fourth-order valence-electron chi connectivity index (χ4n) is 3.09. The molecule has 0 spiro atoms. The Morgan fingerprint density at radius 3 is 2.16 bits per heavy atom. The zero-order valence-corrected chi connectivity index (χ0v) is 18.6. The number of β-amino-alcohol motifs (C(OH)–C–C–N with tert-alkyl or cyclic N) is 1. The number of ether oxygens (including phenoxy) is 1. The third-order valence-electron chi connectivity index (χ3n) is 4.70. The Bertz CT molecular complexity index is 854. The molecule has 2 aromatic carbocycles. The summed E-state index contributed by atoms with van der Waals surface area (Å²) in [5.74, 6) is -1.23. The molecule has 2 aromatic rings. The number of carboxylic acid groups (broad SMARTS) is 1. The summed E-state index contributed by atoms with van der Waals surface area (Å²) in [4.78, 5) is 23.8. The Balaban J connectivity index is 0.000000278. The van der Waals surface area contributed by atoms with E-state index >= 15 is 0 Å². The van der Waals surface area contributed by atoms with Gasteiger partial charge in [-0.25, -0.2) is 9.59 Å². The second-order valence-corrected chi connectivity index (χ2v) is 8.58. The molecular weight excluding hydrogens is 412 g/mol. The van der Waals surface area contributed by atoms with Crippen molar-refractivity contribution in [3.63, 3.8) is 0 Å². The van der Waals surface area contributed by atoms with Gasteiger partial charge in [-0.15, -0.1) is 0 Å². The summed E-state index contributed by atoms with van der Waals surface area (Å²) in [7, 11) is 0. The zero-order valence-electron chi connectivity index (χ0n) is 18.6. The van der Waals surface area contributed by atoms with Crippen molar-refractivity contribution in [3.05, 3.63) is 71.8 Å². The van der Waals surface area contributed by atoms with E-state index in [0.717, 1.165) is 5.56 Å². The van der Waals surface area contributed by atoms with Crippen LogP contribution in [0.3, 0.4) is 0 Å². The van der Waals surface area contributed by atoms with Crippen LogP contribution in [0.25, 0.3) is 0 Å². The molecule has 0 aromatic heterocycles. The number of carbonyl (C=O) groups excluding carboxylic acids is 1. The number of aliphatic carboxylic acids is 1. The second kappa shape index (κ2) is 11.6. The number of carbonyl (C=O) groups is 2. The molecule has 1 amide bonds. The molecule has 8 nitrogen and oxygen atoms in total. The molecule has 3 atom stereocenters. The lowest BCUT2D eigenvalue weighted by atomic mass is 10.1. The fraction of sp³-hybridized carbons (Fsp3) is 0.417. The van der Waals surface area contributed by atoms with Crippen molar-refractivity contribution in [1.82, 2.24) is 10.2 Å². The first-order valence-corrected chi connectivity index (χ1v) is 10.5. The van der Waals surface area contributed by atoms with Crippen LogP contribution in [0.15, 0.2) is 60.7 Å². The van der Waals surface area contributed by atoms with E-state index in [1.165, 1.54) is 0 Å². The van der Waals surface area contributed by atoms with Crippen molar-refractivity contribution >= 4 is 12.1 Å². The van der Waals surface area contributed by atoms with Crippen LogP contribution in [0.2, 0.25) is 0 Å². The number of amides is 1. The number of rotatable bonds is 5. The number of hydrogen-bond donors (Lipinski definition) is 4. The summed E-state index contributed by atoms with van der Waals surface area (Å²) in [6, 6.07) is 18.1. The molecule has 1 aliphatic rings. The van der Waals surface area contributed by atoms with Gasteiger partial charge in [0.1, 0.15) is 5.60 Å². The van der Waals surface area contributed by atoms with Gasteiger partial charge in [-0.05, 0) is 31.9 Å². The van der Waals surface area contributed by atoms with Crippen molar-refractivity contribution in [1.29, 1.82) is 0 Å². The molecule has 0 radical (unpaired) electrons. The Hall–Kier alpha value is -2.94. The maximum atomic E-state index is 12.0. The Morgan fingerprint density at radius 2 is 1.62 bits per heavy atom. The summed E-state index contributed by atoms with van der Waals surface area (Å²) in [6.45, 7) is 6.95. The Labute approximate surface area is 188 Å². The number of carboxylic acids is 1. The van der Waals surface area contributed by atoms with Crippen molar-refractivity contribution in [2.45, 2.75) is 51.2 Å². The molecule has 1 aliphatic heterocycles. The Morgan fingerprint density at radius 1 is 1.06 bits per heavy atom. The van der Waals surface area contributed by atoms with Gasteiger partial charge in [0.05, 0.1) is 18.7 Å². The van der Waals surface area contributed by atoms with E-state index in [1.807, 2.05) is 51.1 Å². The van der Waals surface area contributed by atoms with Crippen LogP contribution in [0, 0.1) is 0 Å². The van der Waals surface area contributed by atoms with Crippen LogP contribution in [0.4, 0.5) is 4.79 Å². The number of aliphatic hydroxyl groups excluding tert-OH is 2. The predicted octanol–water partition coefficient (Wildman–Crippen LogP) is 2.56. The molecule has 4 N–H and O–H groups in total. The van der Waals surface area contributed by atoms with Gasteiger partial charge < -0.3 is 30.3 Å². The fourth-order valence-corrected chi connectivity index (χ4v) is 3.09. The zero-order chi connectivity index (χ0) is 23.7. The number of aliphatic hydroxyl groups is 2. The van der Waals surface area contributed by atoms with E-state index < -0.39 is 23.8 Å². The average Bonchev–Trinajstić information content (AvgIpc) is 3.13. The van der Waals surface area contributed by atoms with Crippen molar-refractivity contribution in [2.24, 2.45) is 0 Å². The molecule has 32 heavy (non-hydrogen) atoms. The van der Waals surface area contributed by atoms with Gasteiger partial charge in [-0.2, -0.15) is 0 Å². The molecular formula is C24H32N2O6. The molecule has 0 saturated carbocycles. The molecule has 0 bridgehead atoms. The third kappa shape index (κ3) is 8.30. The summed E-state index contributed by atoms with van der Waals surface area (Å²) in [5, 5.41) is 30.8. The lowest BCUT2D eigenvalue weighted by Crippen LogP contribution is -2.39. The highest BCUT2D eigenvalue weighted by Crippen LogP contribution is 2.16. The van der Waals surface area contributed by atoms with Crippen molar-refractivity contribution in [2.75, 3.05) is 13.1 Å². The highest BCUT2D eigenvalue weighted by Gasteiger charge is 2.35. The van der Waals surface area contributed by atoms with E-state index in [4.69, 9.17) is 14.9 Å². The van der Waals surface area contributed by atoms with E-state index in [-0.39, 0.29) is 12.1 Å². The topological polar surface area (TPSA) is 119 Å². The Kier molecular flexibility index (Phi) is 9.19. The summed E-state index contributed by atoms with van der Waals surface area (Å²) in [5.41, 5.74) is 1.04. The van der Waals surface area contributed by atoms with E-state index in [0.29, 0.717) is 25.2 Å². The first-order chi connectivity index (χ1) is 15.1. The lowest BCUT2D eigenvalue weighted by Gasteiger charge is -2.24. The molecule has 1 saturated heterocycles. The minimum absolute atomic E-state index is 0.127. The van der Waals surface area contributed by atoms with Gasteiger partial charge >= 0.3 is 12.1 Å². The predicted molar refractivity (Wildman–Crippen MR) is 120 cm³/mol. The molecule has 1 heterocycles. The highest BCUT2D eigenvalue weighted by atomic mass is 16.6. The van der Waals surface area contributed by atoms with Gasteiger partial charge in [-0.1, -0.05) is 60.7 Å². The standard InChI is InChI=1S/C16H24N2O3.C8H8O3/c1-16(2,3)21-15(20)18-10-13(14(19)11-18)17-9-12-7-5-4-6-8-12;9-7(8(10)11)6-4-2-1-3-5-6/h4-8,13-14,17,19H,9-11H2,1-3H3;1-5,7,9H,(H,10,11)/t13-,14-;/m1./s1. The normalized spacial score (nSPS) is 19.0. The molecule has 3 rings (SSSR count). The van der Waals surface area contributed by atoms with Gasteiger partial charge in [-0.3, -0.25) is 0 Å². The summed E-state index contributed by atoms with van der Waals surface area (Å²) in [6.07, 6.45) is -2.34. The van der Waals surface area contributed by atoms with Crippen LogP contribution in [-0.2, 0) is 16.1 Å². The first-order valence-electron chi connectivity index (χ1n) is 10.5. The quantitative estimate of drug-likeness (QED) is 0.560. The van der Waals surface area contributed by atoms with Crippen LogP contribution in [-0.4, -0.2) is 63.1 Å². The van der Waals surface area contributed by atoms with E-state index in [9.17, 15) is 14.7 Å². The highest BCUT2D eigenvalue weighted by molar-refractivity contribution is 5.73. The SMILES string of the molecule is CC(C)(C)OC(=O)N1C[C@@H](O)[C@H](NCc2ccccc2)C1.O=C(O)C(O)c1ccccc1. The summed E-state index contributed by atoms with van der Waals surface area (Å²) >= 11 is 0. The molecule has 0 aliphatic carbocycles. The second-order valence-electron chi connectivity index (χ2n) is 8.58. The molecule has 1 unspecified atom stereocenters. The van der Waals surface area contributed by atoms with Crippen LogP contribution in [0.5, 0.6) is 0 Å². The van der Waals surface area contributed by atoms with Crippen LogP contribution < -0.4 is 5.32 Å². The average molecular weight is 445 g/mol. The lowest BCUT2D eigenvalue weighted by molar-refractivity contribution is -0.146. The number of nitrogens with zero attached hydrogens (tertiary/aromatic N) is 1. The smallest absolute Gasteiger partial charge is 0.410 e. The van der Waals surface area contributed by atoms with Gasteiger partial charge in [0, 0.05) is 13.1 Å². The first kappa shape index (κ1) is 25.3. The van der Waals surface area contributed by atoms with Crippen molar-refractivity contribution in [3.8, 4) is 0 Å². The third-order valence-corrected chi connectivity index (χ3v) is 4.70. The maximum absolute atomic E-state index is 12.0. The number of nitrogens with one attached hydrogen (secondary N) is 1. The maximum Gasteiger partial charge on any atom is 0.410 e. The number of hydrogen-bond acceptors (Lipinski definition) is 6. The van der Waals surface area contributed by atoms with Gasteiger partial charge in [0.25, 0.3) is 0 Å². The minimum Gasteiger partial charge on any atom is -0.479 e. The van der Waals surface area contributed by atoms with Crippen molar-refractivity contribution < 1.29 is 29.6 Å². The van der Waals surface area contributed by atoms with Gasteiger partial charge in [0.15, 0.2) is 6.10 Å². The van der Waals surface area contributed by atoms with E-state index in [1.54, 1.807) is 35.2 Å². The number of likely N-dealkylation sites (tertiary alicyclic amines) is 1. The molecule has 1 fully saturated rings. The largest absolute Gasteiger partial charge is 0.479 e. The minimum atomic E-state index is -1.41. The monoisotopic (exact) mass is 444 g/mol. The summed E-state index contributed by atoms with van der Waals surface area (Å²) < 4.78 is 5.33. The number of benzene rings is 2. The van der Waals surface area contributed by atoms with E-state index in [2.05, 4.69) is 5.32 Å². The van der Waals surface area contributed by atoms with Gasteiger partial charge in [0.2, 0.25) is 0 Å². The molecule has 8 heteroatoms.